The van der Waals surface area contributed by atoms with Gasteiger partial charge in [0.1, 0.15) is 0 Å². The summed E-state index contributed by atoms with van der Waals surface area (Å²) in [6.07, 6.45) is 1.67. The first-order valence-corrected chi connectivity index (χ1v) is 8.91. The Labute approximate surface area is 156 Å². The van der Waals surface area contributed by atoms with Crippen molar-refractivity contribution in [3.63, 3.8) is 0 Å². The van der Waals surface area contributed by atoms with E-state index in [9.17, 15) is 9.59 Å². The van der Waals surface area contributed by atoms with Crippen LogP contribution in [0.2, 0.25) is 10.0 Å². The zero-order chi connectivity index (χ0) is 18.0. The van der Waals surface area contributed by atoms with Crippen LogP contribution >= 0.6 is 23.2 Å². The Balaban J connectivity index is 2.17. The average Bonchev–Trinajstić information content (AvgIpc) is 2.83. The lowest BCUT2D eigenvalue weighted by atomic mass is 9.96. The van der Waals surface area contributed by atoms with E-state index in [2.05, 4.69) is 0 Å². The fraction of sp³-hybridized carbons (Fsp3) is 0.200. The number of hydrogen-bond acceptors (Lipinski definition) is 2. The van der Waals surface area contributed by atoms with Crippen LogP contribution in [0.1, 0.15) is 30.9 Å². The Bertz CT molecular complexity index is 806. The van der Waals surface area contributed by atoms with Crippen LogP contribution < -0.4 is 0 Å². The summed E-state index contributed by atoms with van der Waals surface area (Å²) in [6.45, 7) is 2.43. The number of hydrogen-bond donors (Lipinski definition) is 0. The molecule has 2 aromatic carbocycles. The average molecular weight is 374 g/mol. The monoisotopic (exact) mass is 373 g/mol. The Morgan fingerprint density at radius 2 is 1.32 bits per heavy atom. The molecule has 0 radical (unpaired) electrons. The highest BCUT2D eigenvalue weighted by Gasteiger charge is 2.39. The van der Waals surface area contributed by atoms with E-state index < -0.39 is 0 Å². The summed E-state index contributed by atoms with van der Waals surface area (Å²) in [5.74, 6) is -0.564. The summed E-state index contributed by atoms with van der Waals surface area (Å²) >= 11 is 12.2. The molecular weight excluding hydrogens is 357 g/mol. The predicted molar refractivity (Wildman–Crippen MR) is 101 cm³/mol. The molecule has 0 aliphatic carbocycles. The molecule has 0 atom stereocenters. The van der Waals surface area contributed by atoms with E-state index in [1.54, 1.807) is 48.5 Å². The lowest BCUT2D eigenvalue weighted by Gasteiger charge is -2.14. The van der Waals surface area contributed by atoms with Gasteiger partial charge in [0.25, 0.3) is 11.8 Å². The molecule has 1 heterocycles. The predicted octanol–water partition coefficient (Wildman–Crippen LogP) is 5.07. The van der Waals surface area contributed by atoms with Crippen LogP contribution in [0.25, 0.3) is 11.1 Å². The van der Waals surface area contributed by atoms with Crippen molar-refractivity contribution in [2.45, 2.75) is 19.8 Å². The summed E-state index contributed by atoms with van der Waals surface area (Å²) < 4.78 is 0. The van der Waals surface area contributed by atoms with E-state index in [4.69, 9.17) is 23.2 Å². The molecule has 0 N–H and O–H groups in total. The third-order valence-electron chi connectivity index (χ3n) is 4.13. The molecule has 0 saturated heterocycles. The van der Waals surface area contributed by atoms with Crippen molar-refractivity contribution in [1.82, 2.24) is 4.90 Å². The fourth-order valence-electron chi connectivity index (χ4n) is 2.92. The molecule has 0 fully saturated rings. The highest BCUT2D eigenvalue weighted by Crippen LogP contribution is 2.37. The van der Waals surface area contributed by atoms with Crippen LogP contribution in [-0.2, 0) is 9.59 Å². The summed E-state index contributed by atoms with van der Waals surface area (Å²) in [5, 5.41) is 1.03. The molecular formula is C20H17Cl2NO2. The Morgan fingerprint density at radius 3 is 1.72 bits per heavy atom. The lowest BCUT2D eigenvalue weighted by Crippen LogP contribution is -2.32. The SMILES string of the molecule is CCCCN1C(=O)C(c2cccc(Cl)c2)=C(c2cccc(Cl)c2)C1=O. The summed E-state index contributed by atoms with van der Waals surface area (Å²) in [4.78, 5) is 27.3. The fourth-order valence-corrected chi connectivity index (χ4v) is 3.30. The summed E-state index contributed by atoms with van der Waals surface area (Å²) in [6, 6.07) is 14.0. The van der Waals surface area contributed by atoms with E-state index >= 15 is 0 Å². The lowest BCUT2D eigenvalue weighted by molar-refractivity contribution is -0.136. The molecule has 0 unspecified atom stereocenters. The molecule has 128 valence electrons. The van der Waals surface area contributed by atoms with Gasteiger partial charge in [-0.3, -0.25) is 14.5 Å². The van der Waals surface area contributed by atoms with Gasteiger partial charge in [-0.05, 0) is 41.8 Å². The minimum Gasteiger partial charge on any atom is -0.274 e. The first-order chi connectivity index (χ1) is 12.0. The third kappa shape index (κ3) is 3.48. The second-order valence-electron chi connectivity index (χ2n) is 5.89. The molecule has 0 bridgehead atoms. The Kier molecular flexibility index (Phi) is 5.26. The van der Waals surface area contributed by atoms with Crippen molar-refractivity contribution in [2.24, 2.45) is 0 Å². The zero-order valence-electron chi connectivity index (χ0n) is 13.8. The van der Waals surface area contributed by atoms with Crippen molar-refractivity contribution < 1.29 is 9.59 Å². The van der Waals surface area contributed by atoms with E-state index in [0.29, 0.717) is 38.9 Å². The van der Waals surface area contributed by atoms with Gasteiger partial charge in [-0.25, -0.2) is 0 Å². The minimum atomic E-state index is -0.282. The standard InChI is InChI=1S/C20H17Cl2NO2/c1-2-3-10-23-19(24)17(13-6-4-8-15(21)11-13)18(20(23)25)14-7-5-9-16(22)12-14/h4-9,11-12H,2-3,10H2,1H3. The van der Waals surface area contributed by atoms with Gasteiger partial charge < -0.3 is 0 Å². The van der Waals surface area contributed by atoms with Crippen LogP contribution in [0.5, 0.6) is 0 Å². The maximum absolute atomic E-state index is 13.0. The Morgan fingerprint density at radius 1 is 0.840 bits per heavy atom. The molecule has 1 aliphatic heterocycles. The number of imide groups is 1. The summed E-state index contributed by atoms with van der Waals surface area (Å²) in [5.41, 5.74) is 2.04. The topological polar surface area (TPSA) is 37.4 Å². The molecule has 3 nitrogen and oxygen atoms in total. The van der Waals surface area contributed by atoms with Crippen LogP contribution in [-0.4, -0.2) is 23.3 Å². The van der Waals surface area contributed by atoms with Crippen molar-refractivity contribution >= 4 is 46.2 Å². The minimum absolute atomic E-state index is 0.282. The molecule has 2 aromatic rings. The quantitative estimate of drug-likeness (QED) is 0.685. The first kappa shape index (κ1) is 17.7. The number of carbonyl (C=O) groups is 2. The van der Waals surface area contributed by atoms with Gasteiger partial charge in [0.15, 0.2) is 0 Å². The largest absolute Gasteiger partial charge is 0.274 e. The van der Waals surface area contributed by atoms with Crippen LogP contribution in [0, 0.1) is 0 Å². The normalized spacial score (nSPS) is 14.6. The van der Waals surface area contributed by atoms with Gasteiger partial charge in [0, 0.05) is 16.6 Å². The van der Waals surface area contributed by atoms with Crippen molar-refractivity contribution in [1.29, 1.82) is 0 Å². The maximum Gasteiger partial charge on any atom is 0.262 e. The molecule has 2 amide bonds. The van der Waals surface area contributed by atoms with Gasteiger partial charge in [-0.15, -0.1) is 0 Å². The first-order valence-electron chi connectivity index (χ1n) is 8.15. The third-order valence-corrected chi connectivity index (χ3v) is 4.60. The molecule has 0 spiro atoms. The molecule has 0 aromatic heterocycles. The number of unbranched alkanes of at least 4 members (excludes halogenated alkanes) is 1. The van der Waals surface area contributed by atoms with Crippen molar-refractivity contribution in [2.75, 3.05) is 6.54 Å². The number of amides is 2. The number of halogens is 2. The smallest absolute Gasteiger partial charge is 0.262 e. The van der Waals surface area contributed by atoms with Gasteiger partial charge in [0.05, 0.1) is 11.1 Å². The van der Waals surface area contributed by atoms with Crippen molar-refractivity contribution in [3.05, 3.63) is 69.7 Å². The highest BCUT2D eigenvalue weighted by atomic mass is 35.5. The van der Waals surface area contributed by atoms with E-state index in [-0.39, 0.29) is 11.8 Å². The number of carbonyl (C=O) groups excluding carboxylic acids is 2. The molecule has 3 rings (SSSR count). The number of benzene rings is 2. The van der Waals surface area contributed by atoms with Crippen LogP contribution in [0.3, 0.4) is 0 Å². The van der Waals surface area contributed by atoms with Gasteiger partial charge in [-0.2, -0.15) is 0 Å². The summed E-state index contributed by atoms with van der Waals surface area (Å²) in [7, 11) is 0. The van der Waals surface area contributed by atoms with Gasteiger partial charge in [-0.1, -0.05) is 60.8 Å². The number of nitrogens with zero attached hydrogens (tertiary/aromatic N) is 1. The maximum atomic E-state index is 13.0. The number of rotatable bonds is 5. The highest BCUT2D eigenvalue weighted by molar-refractivity contribution is 6.49. The molecule has 25 heavy (non-hydrogen) atoms. The molecule has 0 saturated carbocycles. The van der Waals surface area contributed by atoms with Gasteiger partial charge in [0.2, 0.25) is 0 Å². The Hall–Kier alpha value is -2.10. The van der Waals surface area contributed by atoms with Crippen LogP contribution in [0.15, 0.2) is 48.5 Å². The molecule has 5 heteroatoms. The van der Waals surface area contributed by atoms with E-state index in [0.717, 1.165) is 12.8 Å². The second-order valence-corrected chi connectivity index (χ2v) is 6.76. The second kappa shape index (κ2) is 7.42. The van der Waals surface area contributed by atoms with Gasteiger partial charge >= 0.3 is 0 Å². The molecule has 1 aliphatic rings. The van der Waals surface area contributed by atoms with Crippen LogP contribution in [0.4, 0.5) is 0 Å². The van der Waals surface area contributed by atoms with E-state index in [1.165, 1.54) is 4.90 Å². The van der Waals surface area contributed by atoms with E-state index in [1.807, 2.05) is 6.92 Å². The zero-order valence-corrected chi connectivity index (χ0v) is 15.3. The van der Waals surface area contributed by atoms with Crippen molar-refractivity contribution in [3.8, 4) is 0 Å².